The molecular formula is C11H10BrNO4. The number of benzene rings is 1. The quantitative estimate of drug-likeness (QED) is 0.718. The van der Waals surface area contributed by atoms with E-state index in [1.807, 2.05) is 6.07 Å². The zero-order valence-electron chi connectivity index (χ0n) is 8.67. The van der Waals surface area contributed by atoms with E-state index in [-0.39, 0.29) is 5.56 Å². The monoisotopic (exact) mass is 299 g/mol. The van der Waals surface area contributed by atoms with Crippen molar-refractivity contribution in [3.8, 4) is 6.07 Å². The van der Waals surface area contributed by atoms with E-state index in [2.05, 4.69) is 15.9 Å². The Morgan fingerprint density at radius 2 is 2.12 bits per heavy atom. The second-order valence-electron chi connectivity index (χ2n) is 3.39. The second kappa shape index (κ2) is 5.77. The van der Waals surface area contributed by atoms with Crippen LogP contribution in [0.5, 0.6) is 0 Å². The number of aliphatic carboxylic acids is 1. The summed E-state index contributed by atoms with van der Waals surface area (Å²) in [5.74, 6) is -1.51. The number of carboxylic acid groups (broad SMARTS) is 1. The lowest BCUT2D eigenvalue weighted by Crippen LogP contribution is -2.28. The molecule has 17 heavy (non-hydrogen) atoms. The number of carboxylic acids is 1. The van der Waals surface area contributed by atoms with Crippen molar-refractivity contribution < 1.29 is 20.1 Å². The van der Waals surface area contributed by atoms with Gasteiger partial charge in [0.1, 0.15) is 6.10 Å². The number of nitrogens with zero attached hydrogens (tertiary/aromatic N) is 1. The molecule has 0 bridgehead atoms. The molecule has 2 unspecified atom stereocenters. The van der Waals surface area contributed by atoms with Crippen LogP contribution >= 0.6 is 15.9 Å². The first-order valence-corrected chi connectivity index (χ1v) is 5.81. The van der Waals surface area contributed by atoms with Gasteiger partial charge in [0.2, 0.25) is 0 Å². The van der Waals surface area contributed by atoms with Gasteiger partial charge in [0.15, 0.2) is 6.10 Å². The van der Waals surface area contributed by atoms with Crippen LogP contribution in [0.15, 0.2) is 18.2 Å². The smallest absolute Gasteiger partial charge is 0.335 e. The normalized spacial score (nSPS) is 13.8. The van der Waals surface area contributed by atoms with Crippen LogP contribution in [-0.4, -0.2) is 27.4 Å². The highest BCUT2D eigenvalue weighted by Crippen LogP contribution is 2.24. The van der Waals surface area contributed by atoms with Crippen LogP contribution < -0.4 is 0 Å². The van der Waals surface area contributed by atoms with Gasteiger partial charge in [-0.05, 0) is 23.3 Å². The average molecular weight is 300 g/mol. The largest absolute Gasteiger partial charge is 0.479 e. The molecule has 0 aliphatic rings. The molecule has 0 spiro atoms. The van der Waals surface area contributed by atoms with E-state index in [4.69, 9.17) is 10.4 Å². The maximum Gasteiger partial charge on any atom is 0.335 e. The fraction of sp³-hybridized carbons (Fsp3) is 0.273. The Balaban J connectivity index is 3.19. The number of halogens is 1. The Kier molecular flexibility index (Phi) is 4.63. The molecule has 0 aliphatic carbocycles. The highest BCUT2D eigenvalue weighted by molar-refractivity contribution is 9.08. The lowest BCUT2D eigenvalue weighted by molar-refractivity contribution is -0.153. The second-order valence-corrected chi connectivity index (χ2v) is 3.95. The molecule has 0 saturated heterocycles. The summed E-state index contributed by atoms with van der Waals surface area (Å²) in [5, 5.41) is 36.8. The van der Waals surface area contributed by atoms with Crippen molar-refractivity contribution in [3.63, 3.8) is 0 Å². The molecule has 90 valence electrons. The van der Waals surface area contributed by atoms with Crippen molar-refractivity contribution >= 4 is 21.9 Å². The van der Waals surface area contributed by atoms with E-state index in [0.717, 1.165) is 0 Å². The predicted octanol–water partition coefficient (Wildman–Crippen LogP) is 0.932. The summed E-state index contributed by atoms with van der Waals surface area (Å²) < 4.78 is 0. The molecule has 0 heterocycles. The van der Waals surface area contributed by atoms with Crippen molar-refractivity contribution in [2.75, 3.05) is 0 Å². The summed E-state index contributed by atoms with van der Waals surface area (Å²) in [4.78, 5) is 10.6. The summed E-state index contributed by atoms with van der Waals surface area (Å²) in [5.41, 5.74) is 1.15. The average Bonchev–Trinajstić information content (AvgIpc) is 2.35. The van der Waals surface area contributed by atoms with Crippen LogP contribution in [0.3, 0.4) is 0 Å². The minimum Gasteiger partial charge on any atom is -0.479 e. The Bertz CT molecular complexity index is 469. The molecule has 5 nitrogen and oxygen atoms in total. The summed E-state index contributed by atoms with van der Waals surface area (Å²) in [6, 6.07) is 6.41. The molecule has 0 amide bonds. The molecule has 6 heteroatoms. The first-order chi connectivity index (χ1) is 8.01. The molecule has 2 atom stereocenters. The van der Waals surface area contributed by atoms with Gasteiger partial charge in [0, 0.05) is 5.33 Å². The molecule has 0 radical (unpaired) electrons. The Morgan fingerprint density at radius 3 is 2.59 bits per heavy atom. The number of hydrogen-bond acceptors (Lipinski definition) is 4. The van der Waals surface area contributed by atoms with Crippen LogP contribution in [-0.2, 0) is 10.1 Å². The number of aliphatic hydroxyl groups is 2. The van der Waals surface area contributed by atoms with Crippen molar-refractivity contribution in [3.05, 3.63) is 34.9 Å². The number of rotatable bonds is 4. The van der Waals surface area contributed by atoms with Gasteiger partial charge in [-0.25, -0.2) is 4.79 Å². The van der Waals surface area contributed by atoms with E-state index in [9.17, 15) is 15.0 Å². The lowest BCUT2D eigenvalue weighted by atomic mass is 9.97. The van der Waals surface area contributed by atoms with E-state index in [0.29, 0.717) is 16.5 Å². The van der Waals surface area contributed by atoms with Gasteiger partial charge in [-0.3, -0.25) is 0 Å². The summed E-state index contributed by atoms with van der Waals surface area (Å²) in [6.45, 7) is 0. The minimum absolute atomic E-state index is 0.232. The van der Waals surface area contributed by atoms with Crippen molar-refractivity contribution in [1.29, 1.82) is 5.26 Å². The Labute approximate surface area is 106 Å². The summed E-state index contributed by atoms with van der Waals surface area (Å²) >= 11 is 3.19. The van der Waals surface area contributed by atoms with Gasteiger partial charge in [0.05, 0.1) is 11.6 Å². The highest BCUT2D eigenvalue weighted by atomic mass is 79.9. The van der Waals surface area contributed by atoms with Crippen LogP contribution in [0.25, 0.3) is 0 Å². The Hall–Kier alpha value is -1.42. The maximum atomic E-state index is 10.6. The van der Waals surface area contributed by atoms with E-state index >= 15 is 0 Å². The SMILES string of the molecule is N#Cc1ccc(CBr)c(C(O)C(O)C(=O)O)c1. The molecule has 1 aromatic rings. The highest BCUT2D eigenvalue weighted by Gasteiger charge is 2.27. The van der Waals surface area contributed by atoms with Gasteiger partial charge in [0.25, 0.3) is 0 Å². The summed E-state index contributed by atoms with van der Waals surface area (Å²) in [6.07, 6.45) is -3.48. The molecule has 1 aromatic carbocycles. The first-order valence-electron chi connectivity index (χ1n) is 4.69. The fourth-order valence-corrected chi connectivity index (χ4v) is 1.88. The third kappa shape index (κ3) is 3.03. The van der Waals surface area contributed by atoms with Gasteiger partial charge < -0.3 is 15.3 Å². The number of hydrogen-bond donors (Lipinski definition) is 3. The van der Waals surface area contributed by atoms with Crippen molar-refractivity contribution in [1.82, 2.24) is 0 Å². The van der Waals surface area contributed by atoms with Gasteiger partial charge in [-0.1, -0.05) is 22.0 Å². The standard InChI is InChI=1S/C11H10BrNO4/c12-4-7-2-1-6(5-13)3-8(7)9(14)10(15)11(16)17/h1-3,9-10,14-15H,4H2,(H,16,17). The van der Waals surface area contributed by atoms with E-state index in [1.54, 1.807) is 12.1 Å². The summed E-state index contributed by atoms with van der Waals surface area (Å²) in [7, 11) is 0. The maximum absolute atomic E-state index is 10.6. The zero-order chi connectivity index (χ0) is 13.0. The third-order valence-corrected chi connectivity index (χ3v) is 2.89. The number of alkyl halides is 1. The van der Waals surface area contributed by atoms with Crippen molar-refractivity contribution in [2.45, 2.75) is 17.5 Å². The topological polar surface area (TPSA) is 102 Å². The molecular weight excluding hydrogens is 290 g/mol. The van der Waals surface area contributed by atoms with E-state index < -0.39 is 18.2 Å². The van der Waals surface area contributed by atoms with Gasteiger partial charge in [-0.2, -0.15) is 5.26 Å². The van der Waals surface area contributed by atoms with Gasteiger partial charge >= 0.3 is 5.97 Å². The van der Waals surface area contributed by atoms with Crippen LogP contribution in [0.2, 0.25) is 0 Å². The predicted molar refractivity (Wildman–Crippen MR) is 62.4 cm³/mol. The Morgan fingerprint density at radius 1 is 1.47 bits per heavy atom. The molecule has 1 rings (SSSR count). The first kappa shape index (κ1) is 13.6. The molecule has 3 N–H and O–H groups in total. The molecule has 0 fully saturated rings. The lowest BCUT2D eigenvalue weighted by Gasteiger charge is -2.17. The molecule has 0 aliphatic heterocycles. The number of carbonyl (C=O) groups is 1. The van der Waals surface area contributed by atoms with E-state index in [1.165, 1.54) is 6.07 Å². The third-order valence-electron chi connectivity index (χ3n) is 2.29. The minimum atomic E-state index is -1.92. The number of nitriles is 1. The molecule has 0 saturated carbocycles. The van der Waals surface area contributed by atoms with Crippen LogP contribution in [0.4, 0.5) is 0 Å². The van der Waals surface area contributed by atoms with Crippen LogP contribution in [0, 0.1) is 11.3 Å². The van der Waals surface area contributed by atoms with Crippen molar-refractivity contribution in [2.24, 2.45) is 0 Å². The van der Waals surface area contributed by atoms with Gasteiger partial charge in [-0.15, -0.1) is 0 Å². The molecule has 0 aromatic heterocycles. The number of aliphatic hydroxyl groups excluding tert-OH is 2. The fourth-order valence-electron chi connectivity index (χ4n) is 1.37. The zero-order valence-corrected chi connectivity index (χ0v) is 10.3. The van der Waals surface area contributed by atoms with Crippen LogP contribution in [0.1, 0.15) is 22.8 Å².